The zero-order valence-corrected chi connectivity index (χ0v) is 15.7. The lowest BCUT2D eigenvalue weighted by Gasteiger charge is -2.37. The van der Waals surface area contributed by atoms with Gasteiger partial charge in [0.15, 0.2) is 6.61 Å². The number of nitrogens with zero attached hydrogens (tertiary/aromatic N) is 4. The monoisotopic (exact) mass is 370 g/mol. The molecule has 2 aliphatic heterocycles. The summed E-state index contributed by atoms with van der Waals surface area (Å²) in [5, 5.41) is 8.52. The van der Waals surface area contributed by atoms with Crippen molar-refractivity contribution in [3.05, 3.63) is 42.5 Å². The summed E-state index contributed by atoms with van der Waals surface area (Å²) in [6.07, 6.45) is 3.67. The van der Waals surface area contributed by atoms with E-state index in [1.54, 1.807) is 6.33 Å². The third-order valence-corrected chi connectivity index (χ3v) is 5.89. The highest BCUT2D eigenvalue weighted by atomic mass is 16.5. The van der Waals surface area contributed by atoms with Crippen molar-refractivity contribution in [1.82, 2.24) is 19.7 Å². The van der Waals surface area contributed by atoms with Crippen LogP contribution in [0.4, 0.5) is 0 Å². The summed E-state index contributed by atoms with van der Waals surface area (Å²) in [7, 11) is 0. The van der Waals surface area contributed by atoms with E-state index in [1.807, 2.05) is 35.2 Å². The second kappa shape index (κ2) is 7.68. The van der Waals surface area contributed by atoms with Gasteiger partial charge >= 0.3 is 0 Å². The number of aromatic nitrogens is 3. The summed E-state index contributed by atoms with van der Waals surface area (Å²) in [6.45, 7) is 5.85. The molecule has 2 fully saturated rings. The number of rotatable bonds is 5. The van der Waals surface area contributed by atoms with Crippen LogP contribution in [-0.2, 0) is 16.1 Å². The number of hydrogen-bond donors (Lipinski definition) is 0. The van der Waals surface area contributed by atoms with Crippen molar-refractivity contribution in [3.63, 3.8) is 0 Å². The van der Waals surface area contributed by atoms with E-state index in [0.717, 1.165) is 45.0 Å². The first-order chi connectivity index (χ1) is 13.2. The van der Waals surface area contributed by atoms with Crippen LogP contribution in [-0.4, -0.2) is 58.5 Å². The van der Waals surface area contributed by atoms with Crippen molar-refractivity contribution in [2.75, 3.05) is 32.9 Å². The van der Waals surface area contributed by atoms with Crippen molar-refractivity contribution in [2.45, 2.75) is 32.2 Å². The summed E-state index contributed by atoms with van der Waals surface area (Å²) in [4.78, 5) is 14.8. The minimum absolute atomic E-state index is 0.0145. The topological polar surface area (TPSA) is 69.5 Å². The van der Waals surface area contributed by atoms with Crippen LogP contribution >= 0.6 is 0 Å². The van der Waals surface area contributed by atoms with Crippen LogP contribution in [0.5, 0.6) is 5.75 Å². The fourth-order valence-electron chi connectivity index (χ4n) is 4.33. The summed E-state index contributed by atoms with van der Waals surface area (Å²) >= 11 is 0. The Hall–Kier alpha value is -2.41. The van der Waals surface area contributed by atoms with Gasteiger partial charge in [0.25, 0.3) is 5.91 Å². The highest BCUT2D eigenvalue weighted by Crippen LogP contribution is 2.48. The van der Waals surface area contributed by atoms with Gasteiger partial charge in [0, 0.05) is 44.2 Å². The van der Waals surface area contributed by atoms with Crippen LogP contribution in [0.2, 0.25) is 0 Å². The molecule has 0 radical (unpaired) electrons. The van der Waals surface area contributed by atoms with E-state index in [1.165, 1.54) is 0 Å². The molecule has 1 amide bonds. The van der Waals surface area contributed by atoms with Gasteiger partial charge in [0.2, 0.25) is 0 Å². The molecule has 0 aliphatic carbocycles. The molecule has 1 aromatic carbocycles. The number of carbonyl (C=O) groups excluding carboxylic acids is 1. The molecule has 2 aromatic rings. The number of carbonyl (C=O) groups is 1. The molecule has 1 atom stereocenters. The van der Waals surface area contributed by atoms with E-state index in [0.29, 0.717) is 12.3 Å². The molecule has 0 N–H and O–H groups in total. The van der Waals surface area contributed by atoms with E-state index in [9.17, 15) is 4.79 Å². The van der Waals surface area contributed by atoms with Gasteiger partial charge in [-0.05, 0) is 31.9 Å². The third-order valence-electron chi connectivity index (χ3n) is 5.89. The molecule has 0 saturated carbocycles. The van der Waals surface area contributed by atoms with Crippen LogP contribution in [0.25, 0.3) is 0 Å². The van der Waals surface area contributed by atoms with Crippen molar-refractivity contribution in [1.29, 1.82) is 0 Å². The van der Waals surface area contributed by atoms with Crippen LogP contribution in [0.1, 0.15) is 31.5 Å². The number of likely N-dealkylation sites (tertiary alicyclic amines) is 1. The van der Waals surface area contributed by atoms with E-state index in [-0.39, 0.29) is 23.8 Å². The van der Waals surface area contributed by atoms with Gasteiger partial charge in [-0.15, -0.1) is 10.2 Å². The minimum Gasteiger partial charge on any atom is -0.484 e. The van der Waals surface area contributed by atoms with Gasteiger partial charge < -0.3 is 18.9 Å². The quantitative estimate of drug-likeness (QED) is 0.806. The summed E-state index contributed by atoms with van der Waals surface area (Å²) in [6, 6.07) is 9.46. The van der Waals surface area contributed by atoms with E-state index in [2.05, 4.69) is 21.7 Å². The predicted molar refractivity (Wildman–Crippen MR) is 99.4 cm³/mol. The Labute approximate surface area is 159 Å². The Kier molecular flexibility index (Phi) is 5.11. The summed E-state index contributed by atoms with van der Waals surface area (Å²) in [5.41, 5.74) is 0.0145. The average Bonchev–Trinajstić information content (AvgIpc) is 3.32. The Morgan fingerprint density at radius 1 is 1.30 bits per heavy atom. The number of amides is 1. The van der Waals surface area contributed by atoms with Crippen molar-refractivity contribution < 1.29 is 14.3 Å². The molecule has 27 heavy (non-hydrogen) atoms. The molecule has 4 rings (SSSR count). The molecule has 3 heterocycles. The fraction of sp³-hybridized carbons (Fsp3) is 0.550. The Morgan fingerprint density at radius 3 is 2.81 bits per heavy atom. The van der Waals surface area contributed by atoms with E-state index >= 15 is 0 Å². The highest BCUT2D eigenvalue weighted by molar-refractivity contribution is 5.78. The first kappa shape index (κ1) is 18.0. The molecule has 0 bridgehead atoms. The molecule has 2 saturated heterocycles. The van der Waals surface area contributed by atoms with Crippen LogP contribution < -0.4 is 4.74 Å². The third kappa shape index (κ3) is 3.56. The Balaban J connectivity index is 1.51. The number of ether oxygens (including phenoxy) is 2. The second-order valence-electron chi connectivity index (χ2n) is 7.38. The number of benzene rings is 1. The first-order valence-electron chi connectivity index (χ1n) is 9.63. The maximum atomic E-state index is 12.8. The molecular weight excluding hydrogens is 344 g/mol. The smallest absolute Gasteiger partial charge is 0.260 e. The lowest BCUT2D eigenvalue weighted by atomic mass is 9.71. The Morgan fingerprint density at radius 2 is 2.07 bits per heavy atom. The molecule has 7 heteroatoms. The van der Waals surface area contributed by atoms with Crippen molar-refractivity contribution >= 4 is 5.91 Å². The zero-order chi connectivity index (χ0) is 18.7. The summed E-state index contributed by atoms with van der Waals surface area (Å²) in [5.74, 6) is 1.91. The molecule has 1 spiro atoms. The molecule has 144 valence electrons. The molecular formula is C20H26N4O3. The highest BCUT2D eigenvalue weighted by Gasteiger charge is 2.50. The van der Waals surface area contributed by atoms with Gasteiger partial charge in [-0.25, -0.2) is 0 Å². The lowest BCUT2D eigenvalue weighted by Crippen LogP contribution is -2.38. The number of hydrogen-bond acceptors (Lipinski definition) is 5. The fourth-order valence-corrected chi connectivity index (χ4v) is 4.33. The van der Waals surface area contributed by atoms with Gasteiger partial charge in [0.1, 0.15) is 17.9 Å². The van der Waals surface area contributed by atoms with E-state index < -0.39 is 0 Å². The molecule has 1 aromatic heterocycles. The maximum Gasteiger partial charge on any atom is 0.260 e. The maximum absolute atomic E-state index is 12.8. The minimum atomic E-state index is 0.0145. The Bertz CT molecular complexity index is 771. The second-order valence-corrected chi connectivity index (χ2v) is 7.38. The normalized spacial score (nSPS) is 21.5. The van der Waals surface area contributed by atoms with Crippen molar-refractivity contribution in [3.8, 4) is 5.75 Å². The van der Waals surface area contributed by atoms with Gasteiger partial charge in [0.05, 0.1) is 0 Å². The van der Waals surface area contributed by atoms with Crippen LogP contribution in [0.3, 0.4) is 0 Å². The lowest BCUT2D eigenvalue weighted by molar-refractivity contribution is -0.133. The SMILES string of the molecule is CCn1cnnc1C1CN(C(=O)COc2ccccc2)CC12CCOCC2. The largest absolute Gasteiger partial charge is 0.484 e. The standard InChI is InChI=1S/C20H26N4O3/c1-2-23-15-21-22-19(23)17-12-24(14-20(17)8-10-26-11-9-20)18(25)13-27-16-6-4-3-5-7-16/h3-7,15,17H,2,8-14H2,1H3. The number of aryl methyl sites for hydroxylation is 1. The molecule has 2 aliphatic rings. The van der Waals surface area contributed by atoms with Gasteiger partial charge in [-0.1, -0.05) is 18.2 Å². The summed E-state index contributed by atoms with van der Waals surface area (Å²) < 4.78 is 13.4. The van der Waals surface area contributed by atoms with Crippen molar-refractivity contribution in [2.24, 2.45) is 5.41 Å². The van der Waals surface area contributed by atoms with Gasteiger partial charge in [-0.2, -0.15) is 0 Å². The van der Waals surface area contributed by atoms with Crippen LogP contribution in [0.15, 0.2) is 36.7 Å². The molecule has 7 nitrogen and oxygen atoms in total. The predicted octanol–water partition coefficient (Wildman–Crippen LogP) is 2.10. The number of para-hydroxylation sites is 1. The zero-order valence-electron chi connectivity index (χ0n) is 15.7. The first-order valence-corrected chi connectivity index (χ1v) is 9.63. The van der Waals surface area contributed by atoms with Crippen LogP contribution in [0, 0.1) is 5.41 Å². The average molecular weight is 370 g/mol. The van der Waals surface area contributed by atoms with Gasteiger partial charge in [-0.3, -0.25) is 4.79 Å². The van der Waals surface area contributed by atoms with E-state index in [4.69, 9.17) is 9.47 Å². The molecule has 1 unspecified atom stereocenters.